The predicted molar refractivity (Wildman–Crippen MR) is 80.9 cm³/mol. The third kappa shape index (κ3) is 6.42. The normalized spacial score (nSPS) is 18.6. The molecular weight excluding hydrogens is 236 g/mol. The average Bonchev–Trinajstić information content (AvgIpc) is 2.42. The zero-order chi connectivity index (χ0) is 14.1. The van der Waals surface area contributed by atoms with Gasteiger partial charge in [-0.15, -0.1) is 0 Å². The number of amides is 1. The largest absolute Gasteiger partial charge is 0.343 e. The van der Waals surface area contributed by atoms with Crippen molar-refractivity contribution < 1.29 is 4.79 Å². The number of carbonyl (C=O) groups is 1. The summed E-state index contributed by atoms with van der Waals surface area (Å²) >= 11 is 0. The zero-order valence-corrected chi connectivity index (χ0v) is 12.9. The predicted octanol–water partition coefficient (Wildman–Crippen LogP) is 3.32. The van der Waals surface area contributed by atoms with Gasteiger partial charge in [0.2, 0.25) is 5.91 Å². The Hall–Kier alpha value is -0.570. The standard InChI is InChI=1S/C16H32N2O/c1-3-4-5-6-7-8-9-16(19)18-12-10-15(11-13-18)14(2)17/h14-15H,3-13,17H2,1-2H3. The fourth-order valence-electron chi connectivity index (χ4n) is 2.89. The van der Waals surface area contributed by atoms with Gasteiger partial charge in [0.15, 0.2) is 0 Å². The zero-order valence-electron chi connectivity index (χ0n) is 12.9. The highest BCUT2D eigenvalue weighted by atomic mass is 16.2. The van der Waals surface area contributed by atoms with Crippen LogP contribution in [-0.4, -0.2) is 29.9 Å². The topological polar surface area (TPSA) is 46.3 Å². The van der Waals surface area contributed by atoms with Gasteiger partial charge >= 0.3 is 0 Å². The Kier molecular flexibility index (Phi) is 8.11. The summed E-state index contributed by atoms with van der Waals surface area (Å²) in [4.78, 5) is 14.1. The van der Waals surface area contributed by atoms with E-state index in [1.807, 2.05) is 4.90 Å². The molecule has 1 saturated heterocycles. The van der Waals surface area contributed by atoms with Crippen LogP contribution < -0.4 is 5.73 Å². The van der Waals surface area contributed by atoms with Gasteiger partial charge in [-0.1, -0.05) is 39.0 Å². The summed E-state index contributed by atoms with van der Waals surface area (Å²) in [5.41, 5.74) is 5.92. The Morgan fingerprint density at radius 1 is 1.16 bits per heavy atom. The van der Waals surface area contributed by atoms with Gasteiger partial charge in [0.25, 0.3) is 0 Å². The fourth-order valence-corrected chi connectivity index (χ4v) is 2.89. The minimum absolute atomic E-state index is 0.274. The Balaban J connectivity index is 2.07. The lowest BCUT2D eigenvalue weighted by molar-refractivity contribution is -0.132. The monoisotopic (exact) mass is 268 g/mol. The van der Waals surface area contributed by atoms with Crippen LogP contribution in [-0.2, 0) is 4.79 Å². The number of unbranched alkanes of at least 4 members (excludes halogenated alkanes) is 5. The molecular formula is C16H32N2O. The maximum Gasteiger partial charge on any atom is 0.222 e. The van der Waals surface area contributed by atoms with Crippen LogP contribution in [0.1, 0.15) is 71.6 Å². The molecule has 1 fully saturated rings. The van der Waals surface area contributed by atoms with Crippen molar-refractivity contribution in [1.82, 2.24) is 4.90 Å². The molecule has 0 aromatic rings. The second kappa shape index (κ2) is 9.35. The summed E-state index contributed by atoms with van der Waals surface area (Å²) in [5, 5.41) is 0. The van der Waals surface area contributed by atoms with Gasteiger partial charge < -0.3 is 10.6 Å². The molecule has 1 aliphatic rings. The Morgan fingerprint density at radius 3 is 2.32 bits per heavy atom. The highest BCUT2D eigenvalue weighted by Crippen LogP contribution is 2.20. The second-order valence-electron chi connectivity index (χ2n) is 6.10. The van der Waals surface area contributed by atoms with Gasteiger partial charge in [-0.05, 0) is 32.1 Å². The Bertz CT molecular complexity index is 245. The van der Waals surface area contributed by atoms with E-state index in [1.165, 1.54) is 32.1 Å². The first-order chi connectivity index (χ1) is 9.15. The molecule has 3 nitrogen and oxygen atoms in total. The third-order valence-corrected chi connectivity index (χ3v) is 4.38. The van der Waals surface area contributed by atoms with Crippen molar-refractivity contribution in [3.63, 3.8) is 0 Å². The van der Waals surface area contributed by atoms with Crippen LogP contribution in [0.15, 0.2) is 0 Å². The molecule has 0 spiro atoms. The summed E-state index contributed by atoms with van der Waals surface area (Å²) in [5.74, 6) is 0.969. The molecule has 1 aliphatic heterocycles. The minimum Gasteiger partial charge on any atom is -0.343 e. The molecule has 1 amide bonds. The molecule has 2 N–H and O–H groups in total. The number of nitrogens with zero attached hydrogens (tertiary/aromatic N) is 1. The number of piperidine rings is 1. The van der Waals surface area contributed by atoms with Crippen LogP contribution in [0.5, 0.6) is 0 Å². The Morgan fingerprint density at radius 2 is 1.74 bits per heavy atom. The molecule has 3 heteroatoms. The van der Waals surface area contributed by atoms with E-state index in [0.717, 1.165) is 38.8 Å². The van der Waals surface area contributed by atoms with Crippen LogP contribution in [0.4, 0.5) is 0 Å². The van der Waals surface area contributed by atoms with Crippen LogP contribution in [0.25, 0.3) is 0 Å². The van der Waals surface area contributed by atoms with Crippen LogP contribution in [0.3, 0.4) is 0 Å². The SMILES string of the molecule is CCCCCCCCC(=O)N1CCC(C(C)N)CC1. The first-order valence-corrected chi connectivity index (χ1v) is 8.18. The summed E-state index contributed by atoms with van der Waals surface area (Å²) in [6.45, 7) is 6.15. The van der Waals surface area contributed by atoms with Gasteiger partial charge in [-0.25, -0.2) is 0 Å². The van der Waals surface area contributed by atoms with E-state index in [-0.39, 0.29) is 6.04 Å². The van der Waals surface area contributed by atoms with Gasteiger partial charge in [0.1, 0.15) is 0 Å². The molecule has 0 bridgehead atoms. The summed E-state index contributed by atoms with van der Waals surface area (Å²) in [7, 11) is 0. The quantitative estimate of drug-likeness (QED) is 0.686. The van der Waals surface area contributed by atoms with E-state index in [0.29, 0.717) is 11.8 Å². The van der Waals surface area contributed by atoms with E-state index < -0.39 is 0 Å². The molecule has 0 radical (unpaired) electrons. The van der Waals surface area contributed by atoms with E-state index in [1.54, 1.807) is 0 Å². The average molecular weight is 268 g/mol. The molecule has 1 heterocycles. The van der Waals surface area contributed by atoms with Crippen molar-refractivity contribution in [1.29, 1.82) is 0 Å². The highest BCUT2D eigenvalue weighted by Gasteiger charge is 2.24. The van der Waals surface area contributed by atoms with E-state index >= 15 is 0 Å². The van der Waals surface area contributed by atoms with Gasteiger partial charge in [-0.3, -0.25) is 4.79 Å². The molecule has 1 rings (SSSR count). The van der Waals surface area contributed by atoms with Gasteiger partial charge in [0, 0.05) is 25.6 Å². The lowest BCUT2D eigenvalue weighted by Crippen LogP contribution is -2.42. The molecule has 0 aromatic heterocycles. The van der Waals surface area contributed by atoms with Gasteiger partial charge in [-0.2, -0.15) is 0 Å². The van der Waals surface area contributed by atoms with Crippen LogP contribution in [0.2, 0.25) is 0 Å². The van der Waals surface area contributed by atoms with E-state index in [9.17, 15) is 4.79 Å². The van der Waals surface area contributed by atoms with E-state index in [4.69, 9.17) is 5.73 Å². The molecule has 1 atom stereocenters. The van der Waals surface area contributed by atoms with Crippen molar-refractivity contribution in [3.8, 4) is 0 Å². The van der Waals surface area contributed by atoms with Crippen molar-refractivity contribution in [2.24, 2.45) is 11.7 Å². The number of hydrogen-bond acceptors (Lipinski definition) is 2. The van der Waals surface area contributed by atoms with Gasteiger partial charge in [0.05, 0.1) is 0 Å². The Labute approximate surface area is 118 Å². The van der Waals surface area contributed by atoms with Crippen molar-refractivity contribution in [2.45, 2.75) is 77.7 Å². The van der Waals surface area contributed by atoms with Crippen LogP contribution >= 0.6 is 0 Å². The molecule has 0 saturated carbocycles. The molecule has 112 valence electrons. The number of rotatable bonds is 8. The second-order valence-corrected chi connectivity index (χ2v) is 6.10. The number of hydrogen-bond donors (Lipinski definition) is 1. The lowest BCUT2D eigenvalue weighted by Gasteiger charge is -2.33. The molecule has 0 aliphatic carbocycles. The summed E-state index contributed by atoms with van der Waals surface area (Å²) in [6.07, 6.45) is 10.4. The highest BCUT2D eigenvalue weighted by molar-refractivity contribution is 5.76. The lowest BCUT2D eigenvalue weighted by atomic mass is 9.91. The van der Waals surface area contributed by atoms with Crippen molar-refractivity contribution in [2.75, 3.05) is 13.1 Å². The maximum atomic E-state index is 12.1. The molecule has 0 aromatic carbocycles. The first-order valence-electron chi connectivity index (χ1n) is 8.18. The van der Waals surface area contributed by atoms with Crippen molar-refractivity contribution >= 4 is 5.91 Å². The summed E-state index contributed by atoms with van der Waals surface area (Å²) < 4.78 is 0. The molecule has 19 heavy (non-hydrogen) atoms. The third-order valence-electron chi connectivity index (χ3n) is 4.38. The van der Waals surface area contributed by atoms with Crippen LogP contribution in [0, 0.1) is 5.92 Å². The maximum absolute atomic E-state index is 12.1. The number of carbonyl (C=O) groups excluding carboxylic acids is 1. The van der Waals surface area contributed by atoms with Crippen molar-refractivity contribution in [3.05, 3.63) is 0 Å². The number of likely N-dealkylation sites (tertiary alicyclic amines) is 1. The van der Waals surface area contributed by atoms with E-state index in [2.05, 4.69) is 13.8 Å². The number of nitrogens with two attached hydrogens (primary N) is 1. The first kappa shape index (κ1) is 16.5. The molecule has 1 unspecified atom stereocenters. The smallest absolute Gasteiger partial charge is 0.222 e. The fraction of sp³-hybridized carbons (Fsp3) is 0.938. The summed E-state index contributed by atoms with van der Waals surface area (Å²) in [6, 6.07) is 0.274. The minimum atomic E-state index is 0.274.